The van der Waals surface area contributed by atoms with Crippen LogP contribution in [-0.4, -0.2) is 89.2 Å². The molecule has 0 aromatic heterocycles. The van der Waals surface area contributed by atoms with Gasteiger partial charge < -0.3 is 9.64 Å². The number of ether oxygens (including phenoxy) is 1. The highest BCUT2D eigenvalue weighted by Crippen LogP contribution is 2.31. The number of hydrazone groups is 1. The van der Waals surface area contributed by atoms with Gasteiger partial charge in [-0.05, 0) is 25.5 Å². The number of imide groups is 1. The lowest BCUT2D eigenvalue weighted by molar-refractivity contribution is -0.139. The monoisotopic (exact) mass is 434 g/mol. The maximum Gasteiger partial charge on any atom is 0.328 e. The number of urea groups is 1. The molecule has 3 unspecified atom stereocenters. The topological polar surface area (TPSA) is 80.7 Å². The molecule has 3 aliphatic rings. The number of carbonyl (C=O) groups excluding carboxylic acids is 2. The van der Waals surface area contributed by atoms with Gasteiger partial charge in [-0.25, -0.2) is 9.69 Å². The van der Waals surface area contributed by atoms with Crippen LogP contribution in [0.4, 0.5) is 4.79 Å². The molecule has 1 aromatic rings. The molecule has 2 saturated heterocycles. The molecule has 0 bridgehead atoms. The molecule has 10 heteroatoms. The zero-order valence-corrected chi connectivity index (χ0v) is 18.2. The molecule has 3 aliphatic heterocycles. The van der Waals surface area contributed by atoms with E-state index in [0.29, 0.717) is 31.3 Å². The van der Waals surface area contributed by atoms with E-state index in [-0.39, 0.29) is 24.8 Å². The van der Waals surface area contributed by atoms with Crippen LogP contribution in [0.25, 0.3) is 0 Å². The van der Waals surface area contributed by atoms with Crippen molar-refractivity contribution in [2.24, 2.45) is 5.10 Å². The number of likely N-dealkylation sites (N-methyl/N-ethyl adjacent to an activating group) is 1. The fraction of sp³-hybridized carbons (Fsp3) is 0.550. The first-order valence-electron chi connectivity index (χ1n) is 10.1. The summed E-state index contributed by atoms with van der Waals surface area (Å²) in [5.41, 5.74) is 1.65. The number of hydrogen-bond acceptors (Lipinski definition) is 7. The highest BCUT2D eigenvalue weighted by atomic mass is 35.5. The largest absolute Gasteiger partial charge is 0.380 e. The van der Waals surface area contributed by atoms with Crippen molar-refractivity contribution in [3.63, 3.8) is 0 Å². The number of hydrogen-bond donors (Lipinski definition) is 1. The van der Waals surface area contributed by atoms with Crippen molar-refractivity contribution < 1.29 is 14.3 Å². The average Bonchev–Trinajstić information content (AvgIpc) is 3.10. The van der Waals surface area contributed by atoms with E-state index in [9.17, 15) is 9.59 Å². The van der Waals surface area contributed by atoms with Gasteiger partial charge in [0, 0.05) is 30.9 Å². The first kappa shape index (κ1) is 21.0. The zero-order chi connectivity index (χ0) is 21.4. The molecule has 162 valence electrons. The van der Waals surface area contributed by atoms with Crippen LogP contribution in [0.3, 0.4) is 0 Å². The van der Waals surface area contributed by atoms with Crippen molar-refractivity contribution in [2.45, 2.75) is 38.9 Å². The van der Waals surface area contributed by atoms with Gasteiger partial charge in [0.25, 0.3) is 5.91 Å². The molecule has 9 nitrogen and oxygen atoms in total. The van der Waals surface area contributed by atoms with E-state index in [2.05, 4.69) is 15.3 Å². The quantitative estimate of drug-likeness (QED) is 0.681. The lowest BCUT2D eigenvalue weighted by Crippen LogP contribution is -2.66. The van der Waals surface area contributed by atoms with Crippen LogP contribution in [0.1, 0.15) is 19.4 Å². The number of halogens is 1. The summed E-state index contributed by atoms with van der Waals surface area (Å²) in [5.74, 6) is -0.225. The number of nitrogens with zero attached hydrogens (tertiary/aromatic N) is 5. The maximum absolute atomic E-state index is 13.5. The van der Waals surface area contributed by atoms with Gasteiger partial charge in [0.1, 0.15) is 12.2 Å². The van der Waals surface area contributed by atoms with Crippen molar-refractivity contribution >= 4 is 29.3 Å². The average molecular weight is 435 g/mol. The Kier molecular flexibility index (Phi) is 5.97. The summed E-state index contributed by atoms with van der Waals surface area (Å²) < 4.78 is 5.48. The Bertz CT molecular complexity index is 865. The molecule has 0 spiro atoms. The van der Waals surface area contributed by atoms with E-state index in [1.54, 1.807) is 18.0 Å². The second kappa shape index (κ2) is 8.50. The molecule has 1 aromatic carbocycles. The summed E-state index contributed by atoms with van der Waals surface area (Å²) in [6.45, 7) is 6.36. The third-order valence-corrected chi connectivity index (χ3v) is 6.08. The standard InChI is InChI=1S/C20H27ClN6O3/c1-4-30-10-9-27-19-22-17-16(25(19)11-13(2)23-27)18(28)26(20(29)24(17)3)12-14-7-5-6-8-15(14)21/h5-8,16-17,19,22H,4,9-12H2,1-3H3. The SMILES string of the molecule is CCOCCN1N=C(C)CN2C3C(=O)N(Cc4ccccc4Cl)C(=O)N(C)C3NC12. The summed E-state index contributed by atoms with van der Waals surface area (Å²) in [6, 6.07) is 6.42. The zero-order valence-electron chi connectivity index (χ0n) is 17.4. The van der Waals surface area contributed by atoms with Gasteiger partial charge in [-0.15, -0.1) is 0 Å². The van der Waals surface area contributed by atoms with E-state index in [4.69, 9.17) is 16.3 Å². The number of benzene rings is 1. The molecule has 0 radical (unpaired) electrons. The molecule has 4 rings (SSSR count). The van der Waals surface area contributed by atoms with E-state index < -0.39 is 12.2 Å². The molecule has 0 aliphatic carbocycles. The van der Waals surface area contributed by atoms with E-state index in [1.165, 1.54) is 4.90 Å². The van der Waals surface area contributed by atoms with Crippen molar-refractivity contribution in [3.05, 3.63) is 34.9 Å². The van der Waals surface area contributed by atoms with Crippen LogP contribution in [-0.2, 0) is 16.1 Å². The van der Waals surface area contributed by atoms with E-state index in [1.807, 2.05) is 37.1 Å². The summed E-state index contributed by atoms with van der Waals surface area (Å²) in [6.07, 6.45) is -0.697. The first-order chi connectivity index (χ1) is 14.4. The van der Waals surface area contributed by atoms with Crippen LogP contribution < -0.4 is 5.32 Å². The minimum atomic E-state index is -0.500. The Hall–Kier alpha value is -2.20. The smallest absolute Gasteiger partial charge is 0.328 e. The van der Waals surface area contributed by atoms with Crippen LogP contribution >= 0.6 is 11.6 Å². The normalized spacial score (nSPS) is 26.7. The van der Waals surface area contributed by atoms with Gasteiger partial charge in [0.05, 0.1) is 19.7 Å². The van der Waals surface area contributed by atoms with Crippen LogP contribution in [0.15, 0.2) is 29.4 Å². The van der Waals surface area contributed by atoms with Crippen LogP contribution in [0.5, 0.6) is 0 Å². The first-order valence-corrected chi connectivity index (χ1v) is 10.5. The fourth-order valence-corrected chi connectivity index (χ4v) is 4.46. The fourth-order valence-electron chi connectivity index (χ4n) is 4.27. The second-order valence-electron chi connectivity index (χ2n) is 7.71. The summed E-state index contributed by atoms with van der Waals surface area (Å²) in [5, 5.41) is 10.5. The Morgan fingerprint density at radius 2 is 2.07 bits per heavy atom. The van der Waals surface area contributed by atoms with Gasteiger partial charge in [0.2, 0.25) is 0 Å². The Labute approximate surface area is 181 Å². The van der Waals surface area contributed by atoms with Gasteiger partial charge in [-0.1, -0.05) is 29.8 Å². The maximum atomic E-state index is 13.5. The lowest BCUT2D eigenvalue weighted by atomic mass is 10.1. The van der Waals surface area contributed by atoms with E-state index in [0.717, 1.165) is 11.3 Å². The number of carbonyl (C=O) groups is 2. The highest BCUT2D eigenvalue weighted by Gasteiger charge is 2.56. The molecule has 3 atom stereocenters. The minimum absolute atomic E-state index is 0.143. The van der Waals surface area contributed by atoms with Crippen molar-refractivity contribution in [3.8, 4) is 0 Å². The number of rotatable bonds is 6. The van der Waals surface area contributed by atoms with Crippen molar-refractivity contribution in [2.75, 3.05) is 33.4 Å². The Morgan fingerprint density at radius 3 is 2.80 bits per heavy atom. The molecule has 2 fully saturated rings. The second-order valence-corrected chi connectivity index (χ2v) is 8.11. The summed E-state index contributed by atoms with van der Waals surface area (Å²) in [4.78, 5) is 31.5. The number of fused-ring (bicyclic) bond motifs is 3. The lowest BCUT2D eigenvalue weighted by Gasteiger charge is -2.42. The van der Waals surface area contributed by atoms with E-state index >= 15 is 0 Å². The Morgan fingerprint density at radius 1 is 1.30 bits per heavy atom. The highest BCUT2D eigenvalue weighted by molar-refractivity contribution is 6.31. The predicted molar refractivity (Wildman–Crippen MR) is 113 cm³/mol. The van der Waals surface area contributed by atoms with Crippen molar-refractivity contribution in [1.82, 2.24) is 25.0 Å². The molecule has 3 amide bonds. The van der Waals surface area contributed by atoms with Crippen molar-refractivity contribution in [1.29, 1.82) is 0 Å². The summed E-state index contributed by atoms with van der Waals surface area (Å²) >= 11 is 6.28. The third kappa shape index (κ3) is 3.66. The number of nitrogens with one attached hydrogen (secondary N) is 1. The molecular formula is C20H27ClN6O3. The third-order valence-electron chi connectivity index (χ3n) is 5.71. The van der Waals surface area contributed by atoms with Gasteiger partial charge >= 0.3 is 6.03 Å². The van der Waals surface area contributed by atoms with Crippen LogP contribution in [0, 0.1) is 0 Å². The van der Waals surface area contributed by atoms with Gasteiger partial charge in [0.15, 0.2) is 6.29 Å². The predicted octanol–water partition coefficient (Wildman–Crippen LogP) is 1.35. The van der Waals surface area contributed by atoms with Gasteiger partial charge in [-0.2, -0.15) is 5.10 Å². The molecule has 1 N–H and O–H groups in total. The van der Waals surface area contributed by atoms with Crippen LogP contribution in [0.2, 0.25) is 5.02 Å². The Balaban J connectivity index is 1.59. The van der Waals surface area contributed by atoms with Gasteiger partial charge in [-0.3, -0.25) is 20.0 Å². The molecule has 30 heavy (non-hydrogen) atoms. The number of amides is 3. The molecular weight excluding hydrogens is 408 g/mol. The summed E-state index contributed by atoms with van der Waals surface area (Å²) in [7, 11) is 1.72. The molecule has 3 heterocycles. The molecule has 0 saturated carbocycles. The minimum Gasteiger partial charge on any atom is -0.380 e.